The van der Waals surface area contributed by atoms with Crippen molar-refractivity contribution in [2.24, 2.45) is 4.99 Å². The van der Waals surface area contributed by atoms with Crippen LogP contribution in [0, 0.1) is 6.92 Å². The van der Waals surface area contributed by atoms with Gasteiger partial charge in [0, 0.05) is 25.7 Å². The Morgan fingerprint density at radius 2 is 2.12 bits per heavy atom. The molecule has 1 saturated heterocycles. The largest absolute Gasteiger partial charge is 0.356 e. The van der Waals surface area contributed by atoms with Crippen LogP contribution in [0.3, 0.4) is 0 Å². The molecule has 0 atom stereocenters. The zero-order valence-corrected chi connectivity index (χ0v) is 15.3. The van der Waals surface area contributed by atoms with Crippen LogP contribution in [-0.2, 0) is 16.7 Å². The highest BCUT2D eigenvalue weighted by molar-refractivity contribution is 7.86. The maximum absolute atomic E-state index is 11.6. The molecular weight excluding hydrogens is 362 g/mol. The van der Waals surface area contributed by atoms with Crippen molar-refractivity contribution < 1.29 is 13.0 Å². The molecule has 0 aliphatic carbocycles. The van der Waals surface area contributed by atoms with Crippen molar-refractivity contribution in [1.29, 1.82) is 0 Å². The minimum Gasteiger partial charge on any atom is -0.356 e. The molecule has 0 bridgehead atoms. The van der Waals surface area contributed by atoms with Gasteiger partial charge >= 0.3 is 0 Å². The zero-order valence-electron chi connectivity index (χ0n) is 13.7. The quantitative estimate of drug-likeness (QED) is 0.648. The SMILES string of the molecule is Cc1ccc(S(=O)(=O)O)c(/N=C2\CCCN2Cc2ccc(Cl)nc2)c1. The lowest BCUT2D eigenvalue weighted by Crippen LogP contribution is -2.24. The van der Waals surface area contributed by atoms with Crippen molar-refractivity contribution in [3.05, 3.63) is 52.8 Å². The Morgan fingerprint density at radius 3 is 2.80 bits per heavy atom. The molecule has 0 amide bonds. The lowest BCUT2D eigenvalue weighted by atomic mass is 10.2. The molecule has 6 nitrogen and oxygen atoms in total. The molecule has 1 aliphatic rings. The van der Waals surface area contributed by atoms with Crippen molar-refractivity contribution >= 4 is 33.2 Å². The third-order valence-corrected chi connectivity index (χ3v) is 5.12. The van der Waals surface area contributed by atoms with Gasteiger partial charge in [-0.1, -0.05) is 23.7 Å². The summed E-state index contributed by atoms with van der Waals surface area (Å²) >= 11 is 5.81. The highest BCUT2D eigenvalue weighted by atomic mass is 35.5. The summed E-state index contributed by atoms with van der Waals surface area (Å²) < 4.78 is 32.6. The number of hydrogen-bond donors (Lipinski definition) is 1. The molecule has 1 aromatic carbocycles. The molecule has 1 aliphatic heterocycles. The average molecular weight is 380 g/mol. The van der Waals surface area contributed by atoms with Crippen molar-refractivity contribution in [3.63, 3.8) is 0 Å². The summed E-state index contributed by atoms with van der Waals surface area (Å²) in [6.07, 6.45) is 3.40. The Balaban J connectivity index is 1.92. The second kappa shape index (κ2) is 7.11. The molecule has 132 valence electrons. The van der Waals surface area contributed by atoms with E-state index in [1.807, 2.05) is 13.0 Å². The fourth-order valence-corrected chi connectivity index (χ4v) is 3.53. The molecule has 0 spiro atoms. The van der Waals surface area contributed by atoms with Crippen LogP contribution in [0.25, 0.3) is 0 Å². The fourth-order valence-electron chi connectivity index (χ4n) is 2.80. The predicted molar refractivity (Wildman–Crippen MR) is 97.0 cm³/mol. The number of nitrogens with zero attached hydrogens (tertiary/aromatic N) is 3. The Kier molecular flexibility index (Phi) is 5.08. The van der Waals surface area contributed by atoms with Crippen LogP contribution in [0.4, 0.5) is 5.69 Å². The molecule has 1 N–H and O–H groups in total. The van der Waals surface area contributed by atoms with Crippen LogP contribution >= 0.6 is 11.6 Å². The molecule has 2 heterocycles. The first-order valence-corrected chi connectivity index (χ1v) is 9.66. The van der Waals surface area contributed by atoms with Crippen LogP contribution < -0.4 is 0 Å². The second-order valence-electron chi connectivity index (χ2n) is 5.99. The van der Waals surface area contributed by atoms with E-state index < -0.39 is 10.1 Å². The van der Waals surface area contributed by atoms with Crippen LogP contribution in [-0.4, -0.2) is 35.2 Å². The van der Waals surface area contributed by atoms with Gasteiger partial charge in [-0.25, -0.2) is 9.98 Å². The Labute approximate surface area is 151 Å². The van der Waals surface area contributed by atoms with E-state index in [9.17, 15) is 13.0 Å². The first kappa shape index (κ1) is 17.8. The number of amidine groups is 1. The van der Waals surface area contributed by atoms with Crippen molar-refractivity contribution in [3.8, 4) is 0 Å². The van der Waals surface area contributed by atoms with Gasteiger partial charge in [0.15, 0.2) is 0 Å². The van der Waals surface area contributed by atoms with E-state index >= 15 is 0 Å². The number of halogens is 1. The third kappa shape index (κ3) is 4.36. The smallest absolute Gasteiger partial charge is 0.296 e. The third-order valence-electron chi connectivity index (χ3n) is 4.00. The van der Waals surface area contributed by atoms with Crippen LogP contribution in [0.5, 0.6) is 0 Å². The molecule has 0 unspecified atom stereocenters. The standard InChI is InChI=1S/C17H18ClN3O3S/c1-12-4-6-15(25(22,23)24)14(9-12)20-17-3-2-8-21(17)11-13-5-7-16(18)19-10-13/h4-7,9-10H,2-3,8,11H2,1H3,(H,22,23,24)/b20-17+. The Morgan fingerprint density at radius 1 is 1.32 bits per heavy atom. The number of aryl methyl sites for hydroxylation is 1. The minimum atomic E-state index is -4.32. The summed E-state index contributed by atoms with van der Waals surface area (Å²) in [5.41, 5.74) is 2.13. The monoisotopic (exact) mass is 379 g/mol. The number of likely N-dealkylation sites (tertiary alicyclic amines) is 1. The Hall–Kier alpha value is -1.96. The summed E-state index contributed by atoms with van der Waals surface area (Å²) in [5.74, 6) is 0.797. The molecule has 0 saturated carbocycles. The second-order valence-corrected chi connectivity index (χ2v) is 7.77. The molecule has 8 heteroatoms. The molecule has 1 aromatic heterocycles. The van der Waals surface area contributed by atoms with Gasteiger partial charge in [0.2, 0.25) is 0 Å². The van der Waals surface area contributed by atoms with E-state index in [1.165, 1.54) is 6.07 Å². The van der Waals surface area contributed by atoms with Crippen molar-refractivity contribution in [2.75, 3.05) is 6.54 Å². The van der Waals surface area contributed by atoms with Gasteiger partial charge in [-0.3, -0.25) is 4.55 Å². The summed E-state index contributed by atoms with van der Waals surface area (Å²) in [4.78, 5) is 10.5. The van der Waals surface area contributed by atoms with Gasteiger partial charge < -0.3 is 4.90 Å². The van der Waals surface area contributed by atoms with Gasteiger partial charge in [0.05, 0.1) is 5.69 Å². The van der Waals surface area contributed by atoms with E-state index in [0.717, 1.165) is 36.3 Å². The molecular formula is C17H18ClN3O3S. The van der Waals surface area contributed by atoms with Crippen molar-refractivity contribution in [1.82, 2.24) is 9.88 Å². The van der Waals surface area contributed by atoms with Gasteiger partial charge in [-0.05, 0) is 42.7 Å². The van der Waals surface area contributed by atoms with E-state index in [0.29, 0.717) is 11.7 Å². The number of hydrogen-bond acceptors (Lipinski definition) is 4. The minimum absolute atomic E-state index is 0.175. The van der Waals surface area contributed by atoms with Crippen LogP contribution in [0.15, 0.2) is 46.4 Å². The molecule has 2 aromatic rings. The maximum Gasteiger partial charge on any atom is 0.296 e. The number of rotatable bonds is 4. The summed E-state index contributed by atoms with van der Waals surface area (Å²) in [5, 5.41) is 0.441. The molecule has 1 fully saturated rings. The first-order chi connectivity index (χ1) is 11.8. The van der Waals surface area contributed by atoms with Gasteiger partial charge in [-0.2, -0.15) is 8.42 Å². The molecule has 3 rings (SSSR count). The van der Waals surface area contributed by atoms with Crippen LogP contribution in [0.2, 0.25) is 5.15 Å². The maximum atomic E-state index is 11.6. The van der Waals surface area contributed by atoms with E-state index in [4.69, 9.17) is 11.6 Å². The van der Waals surface area contributed by atoms with Gasteiger partial charge in [0.25, 0.3) is 10.1 Å². The number of pyridine rings is 1. The summed E-state index contributed by atoms with van der Waals surface area (Å²) in [7, 11) is -4.32. The zero-order chi connectivity index (χ0) is 18.0. The van der Waals surface area contributed by atoms with Crippen LogP contribution in [0.1, 0.15) is 24.0 Å². The van der Waals surface area contributed by atoms with Crippen molar-refractivity contribution in [2.45, 2.75) is 31.2 Å². The fraction of sp³-hybridized carbons (Fsp3) is 0.294. The summed E-state index contributed by atoms with van der Waals surface area (Å²) in [6.45, 7) is 3.30. The summed E-state index contributed by atoms with van der Waals surface area (Å²) in [6, 6.07) is 8.32. The van der Waals surface area contributed by atoms with Gasteiger partial charge in [0.1, 0.15) is 15.9 Å². The van der Waals surface area contributed by atoms with E-state index in [1.54, 1.807) is 24.4 Å². The average Bonchev–Trinajstić information content (AvgIpc) is 2.95. The van der Waals surface area contributed by atoms with E-state index in [-0.39, 0.29) is 10.6 Å². The number of benzene rings is 1. The predicted octanol–water partition coefficient (Wildman–Crippen LogP) is 3.62. The number of aliphatic imine (C=N–C) groups is 1. The lowest BCUT2D eigenvalue weighted by molar-refractivity contribution is 0.447. The lowest BCUT2D eigenvalue weighted by Gasteiger charge is -2.19. The normalized spacial score (nSPS) is 16.6. The Bertz CT molecular complexity index is 911. The highest BCUT2D eigenvalue weighted by Gasteiger charge is 2.21. The topological polar surface area (TPSA) is 82.9 Å². The van der Waals surface area contributed by atoms with E-state index in [2.05, 4.69) is 14.9 Å². The van der Waals surface area contributed by atoms with Gasteiger partial charge in [-0.15, -0.1) is 0 Å². The molecule has 25 heavy (non-hydrogen) atoms. The first-order valence-electron chi connectivity index (χ1n) is 7.84. The molecule has 0 radical (unpaired) electrons. The number of aromatic nitrogens is 1. The highest BCUT2D eigenvalue weighted by Crippen LogP contribution is 2.28.